The third-order valence-electron chi connectivity index (χ3n) is 7.98. The SMILES string of the molecule is Cc1cccc(NC(=O)c2ccccc2-c2ccc(C(F)(F)F)cc2)c1.O=C(Nc1cccc([N+](=O)[O-])c1)c1ccccc1-c1ccc(C(F)(F)F)cc1. The van der Waals surface area contributed by atoms with Gasteiger partial charge in [0.05, 0.1) is 16.1 Å². The molecule has 6 aromatic carbocycles. The zero-order valence-corrected chi connectivity index (χ0v) is 28.2. The fourth-order valence-electron chi connectivity index (χ4n) is 5.36. The van der Waals surface area contributed by atoms with E-state index in [0.29, 0.717) is 33.5 Å². The number of alkyl halides is 6. The Balaban J connectivity index is 0.000000208. The van der Waals surface area contributed by atoms with E-state index in [1.807, 2.05) is 25.1 Å². The molecule has 0 heterocycles. The lowest BCUT2D eigenvalue weighted by Gasteiger charge is -2.12. The third-order valence-corrected chi connectivity index (χ3v) is 7.98. The number of hydrogen-bond acceptors (Lipinski definition) is 4. The summed E-state index contributed by atoms with van der Waals surface area (Å²) in [5.41, 5.74) is 2.88. The number of nitro groups is 1. The molecule has 13 heteroatoms. The normalized spacial score (nSPS) is 11.2. The molecule has 274 valence electrons. The van der Waals surface area contributed by atoms with E-state index in [9.17, 15) is 46.0 Å². The molecule has 7 nitrogen and oxygen atoms in total. The summed E-state index contributed by atoms with van der Waals surface area (Å²) in [6, 6.07) is 35.4. The minimum Gasteiger partial charge on any atom is -0.322 e. The van der Waals surface area contributed by atoms with Crippen LogP contribution < -0.4 is 10.6 Å². The van der Waals surface area contributed by atoms with Crippen LogP contribution in [-0.2, 0) is 12.4 Å². The Bertz CT molecular complexity index is 2290. The first kappa shape index (κ1) is 38.5. The number of nitrogens with one attached hydrogen (secondary N) is 2. The second kappa shape index (κ2) is 16.3. The van der Waals surface area contributed by atoms with Crippen LogP contribution in [-0.4, -0.2) is 16.7 Å². The van der Waals surface area contributed by atoms with Gasteiger partial charge in [-0.15, -0.1) is 0 Å². The lowest BCUT2D eigenvalue weighted by atomic mass is 9.98. The number of amides is 2. The number of carbonyl (C=O) groups is 2. The van der Waals surface area contributed by atoms with Crippen LogP contribution in [0.4, 0.5) is 43.4 Å². The van der Waals surface area contributed by atoms with Crippen molar-refractivity contribution >= 4 is 28.9 Å². The van der Waals surface area contributed by atoms with E-state index < -0.39 is 34.3 Å². The number of halogens is 6. The van der Waals surface area contributed by atoms with Crippen molar-refractivity contribution in [3.05, 3.63) is 184 Å². The van der Waals surface area contributed by atoms with Gasteiger partial charge in [-0.3, -0.25) is 19.7 Å². The fourth-order valence-corrected chi connectivity index (χ4v) is 5.36. The van der Waals surface area contributed by atoms with Crippen molar-refractivity contribution in [3.8, 4) is 22.3 Å². The van der Waals surface area contributed by atoms with Gasteiger partial charge in [-0.1, -0.05) is 78.9 Å². The zero-order valence-electron chi connectivity index (χ0n) is 28.2. The van der Waals surface area contributed by atoms with Gasteiger partial charge in [0.25, 0.3) is 17.5 Å². The van der Waals surface area contributed by atoms with Gasteiger partial charge in [0.15, 0.2) is 0 Å². The molecule has 0 aliphatic rings. The summed E-state index contributed by atoms with van der Waals surface area (Å²) < 4.78 is 76.5. The highest BCUT2D eigenvalue weighted by Gasteiger charge is 2.31. The average Bonchev–Trinajstić information content (AvgIpc) is 3.14. The van der Waals surface area contributed by atoms with Gasteiger partial charge >= 0.3 is 12.4 Å². The molecular formula is C41H29F6N3O4. The Morgan fingerprint density at radius 3 is 1.35 bits per heavy atom. The van der Waals surface area contributed by atoms with Crippen LogP contribution in [0.15, 0.2) is 146 Å². The third kappa shape index (κ3) is 9.76. The maximum Gasteiger partial charge on any atom is 0.416 e. The highest BCUT2D eigenvalue weighted by atomic mass is 19.4. The molecule has 0 atom stereocenters. The number of carbonyl (C=O) groups excluding carboxylic acids is 2. The first-order chi connectivity index (χ1) is 25.6. The maximum atomic E-state index is 12.7. The Morgan fingerprint density at radius 1 is 0.537 bits per heavy atom. The van der Waals surface area contributed by atoms with Crippen LogP contribution in [0.1, 0.15) is 37.4 Å². The summed E-state index contributed by atoms with van der Waals surface area (Å²) >= 11 is 0. The van der Waals surface area contributed by atoms with Crippen LogP contribution in [0.5, 0.6) is 0 Å². The van der Waals surface area contributed by atoms with Crippen LogP contribution in [0.2, 0.25) is 0 Å². The Labute approximate surface area is 305 Å². The second-order valence-electron chi connectivity index (χ2n) is 11.8. The van der Waals surface area contributed by atoms with Crippen LogP contribution in [0.3, 0.4) is 0 Å². The summed E-state index contributed by atoms with van der Waals surface area (Å²) in [4.78, 5) is 35.6. The Kier molecular flexibility index (Phi) is 11.6. The molecule has 0 spiro atoms. The number of aryl methyl sites for hydroxylation is 1. The first-order valence-corrected chi connectivity index (χ1v) is 16.1. The molecule has 0 bridgehead atoms. The molecule has 6 rings (SSSR count). The van der Waals surface area contributed by atoms with Crippen LogP contribution in [0, 0.1) is 17.0 Å². The molecular weight excluding hydrogens is 712 g/mol. The lowest BCUT2D eigenvalue weighted by Crippen LogP contribution is -2.13. The first-order valence-electron chi connectivity index (χ1n) is 16.1. The standard InChI is InChI=1S/C21H16F3NO.C20H13F3N2O3/c1-14-5-4-6-17(13-14)25-20(26)19-8-3-2-7-18(19)15-9-11-16(12-10-15)21(22,23)24;21-20(22,23)14-10-8-13(9-11-14)17-6-1-2-7-18(17)19(26)24-15-4-3-5-16(12-15)25(27)28/h2-13H,1H3,(H,25,26);1-12H,(H,24,26). The van der Waals surface area contributed by atoms with Crippen molar-refractivity contribution in [1.29, 1.82) is 0 Å². The van der Waals surface area contributed by atoms with Gasteiger partial charge in [0, 0.05) is 34.6 Å². The molecule has 0 saturated heterocycles. The number of benzene rings is 6. The zero-order chi connectivity index (χ0) is 39.0. The van der Waals surface area contributed by atoms with E-state index in [-0.39, 0.29) is 22.8 Å². The number of hydrogen-bond donors (Lipinski definition) is 2. The van der Waals surface area contributed by atoms with Crippen molar-refractivity contribution in [3.63, 3.8) is 0 Å². The van der Waals surface area contributed by atoms with Crippen molar-refractivity contribution in [1.82, 2.24) is 0 Å². The average molecular weight is 742 g/mol. The van der Waals surface area contributed by atoms with Gasteiger partial charge in [-0.25, -0.2) is 0 Å². The van der Waals surface area contributed by atoms with Crippen LogP contribution >= 0.6 is 0 Å². The van der Waals surface area contributed by atoms with Crippen molar-refractivity contribution in [2.45, 2.75) is 19.3 Å². The van der Waals surface area contributed by atoms with Crippen molar-refractivity contribution in [2.24, 2.45) is 0 Å². The van der Waals surface area contributed by atoms with Gasteiger partial charge in [0.1, 0.15) is 0 Å². The van der Waals surface area contributed by atoms with Crippen LogP contribution in [0.25, 0.3) is 22.3 Å². The predicted molar refractivity (Wildman–Crippen MR) is 194 cm³/mol. The number of nitrogens with zero attached hydrogens (tertiary/aromatic N) is 1. The van der Waals surface area contributed by atoms with Crippen molar-refractivity contribution < 1.29 is 40.9 Å². The van der Waals surface area contributed by atoms with Gasteiger partial charge < -0.3 is 10.6 Å². The van der Waals surface area contributed by atoms with E-state index in [2.05, 4.69) is 10.6 Å². The van der Waals surface area contributed by atoms with E-state index in [1.54, 1.807) is 48.5 Å². The topological polar surface area (TPSA) is 101 Å². The largest absolute Gasteiger partial charge is 0.416 e. The fraction of sp³-hybridized carbons (Fsp3) is 0.0732. The molecule has 0 fully saturated rings. The second-order valence-corrected chi connectivity index (χ2v) is 11.8. The minimum atomic E-state index is -4.45. The summed E-state index contributed by atoms with van der Waals surface area (Å²) in [6.07, 6.45) is -8.84. The molecule has 0 radical (unpaired) electrons. The molecule has 0 aliphatic heterocycles. The molecule has 54 heavy (non-hydrogen) atoms. The van der Waals surface area contributed by atoms with E-state index in [4.69, 9.17) is 0 Å². The molecule has 6 aromatic rings. The monoisotopic (exact) mass is 741 g/mol. The Morgan fingerprint density at radius 2 is 0.944 bits per heavy atom. The molecule has 0 aliphatic carbocycles. The summed E-state index contributed by atoms with van der Waals surface area (Å²) in [6.45, 7) is 1.92. The lowest BCUT2D eigenvalue weighted by molar-refractivity contribution is -0.384. The smallest absolute Gasteiger partial charge is 0.322 e. The van der Waals surface area contributed by atoms with Crippen molar-refractivity contribution in [2.75, 3.05) is 10.6 Å². The number of nitro benzene ring substituents is 1. The summed E-state index contributed by atoms with van der Waals surface area (Å²) in [7, 11) is 0. The quantitative estimate of drug-likeness (QED) is 0.0966. The molecule has 2 N–H and O–H groups in total. The van der Waals surface area contributed by atoms with E-state index in [1.165, 1.54) is 54.6 Å². The predicted octanol–water partition coefficient (Wildman–Crippen LogP) is 11.5. The number of anilines is 2. The number of non-ortho nitro benzene ring substituents is 1. The van der Waals surface area contributed by atoms with E-state index in [0.717, 1.165) is 29.8 Å². The molecule has 0 unspecified atom stereocenters. The molecule has 2 amide bonds. The minimum absolute atomic E-state index is 0.172. The maximum absolute atomic E-state index is 12.7. The van der Waals surface area contributed by atoms with Gasteiger partial charge in [-0.2, -0.15) is 26.3 Å². The number of rotatable bonds is 7. The van der Waals surface area contributed by atoms with Gasteiger partial charge in [-0.05, 0) is 89.3 Å². The molecule has 0 aromatic heterocycles. The van der Waals surface area contributed by atoms with Gasteiger partial charge in [0.2, 0.25) is 0 Å². The highest BCUT2D eigenvalue weighted by Crippen LogP contribution is 2.33. The summed E-state index contributed by atoms with van der Waals surface area (Å²) in [5, 5.41) is 16.3. The molecule has 0 saturated carbocycles. The summed E-state index contributed by atoms with van der Waals surface area (Å²) in [5.74, 6) is -0.845. The highest BCUT2D eigenvalue weighted by molar-refractivity contribution is 6.09. The Hall–Kier alpha value is -6.76. The van der Waals surface area contributed by atoms with E-state index >= 15 is 0 Å².